The van der Waals surface area contributed by atoms with Crippen molar-refractivity contribution in [2.45, 2.75) is 18.9 Å². The summed E-state index contributed by atoms with van der Waals surface area (Å²) < 4.78 is 0. The van der Waals surface area contributed by atoms with Gasteiger partial charge in [-0.05, 0) is 19.4 Å². The molecule has 0 aliphatic carbocycles. The molecule has 1 fully saturated rings. The summed E-state index contributed by atoms with van der Waals surface area (Å²) in [5, 5.41) is 3.37. The fourth-order valence-electron chi connectivity index (χ4n) is 1.39. The van der Waals surface area contributed by atoms with Crippen LogP contribution in [-0.2, 0) is 0 Å². The SMILES string of the molecule is c1c[nH]c([C@@H]2CCCN2)n1. The number of nitrogens with zero attached hydrogens (tertiary/aromatic N) is 1. The standard InChI is InChI=1S/C7H11N3/c1-2-6(8-3-1)7-9-4-5-10-7/h4-6,8H,1-3H2,(H,9,10)/t6-/m0/s1. The third-order valence-electron chi connectivity index (χ3n) is 1.91. The summed E-state index contributed by atoms with van der Waals surface area (Å²) in [6, 6.07) is 0.481. The van der Waals surface area contributed by atoms with Crippen molar-refractivity contribution in [2.75, 3.05) is 6.54 Å². The zero-order chi connectivity index (χ0) is 6.81. The summed E-state index contributed by atoms with van der Waals surface area (Å²) in [7, 11) is 0. The van der Waals surface area contributed by atoms with E-state index in [9.17, 15) is 0 Å². The largest absolute Gasteiger partial charge is 0.347 e. The highest BCUT2D eigenvalue weighted by molar-refractivity contribution is 4.97. The molecule has 2 N–H and O–H groups in total. The van der Waals surface area contributed by atoms with Gasteiger partial charge in [-0.2, -0.15) is 0 Å². The van der Waals surface area contributed by atoms with Crippen molar-refractivity contribution in [3.8, 4) is 0 Å². The lowest BCUT2D eigenvalue weighted by Gasteiger charge is -2.04. The number of aromatic amines is 1. The van der Waals surface area contributed by atoms with Crippen molar-refractivity contribution >= 4 is 0 Å². The van der Waals surface area contributed by atoms with E-state index in [0.29, 0.717) is 6.04 Å². The van der Waals surface area contributed by atoms with E-state index in [2.05, 4.69) is 15.3 Å². The van der Waals surface area contributed by atoms with E-state index >= 15 is 0 Å². The minimum Gasteiger partial charge on any atom is -0.347 e. The molecule has 0 aromatic carbocycles. The van der Waals surface area contributed by atoms with Crippen molar-refractivity contribution in [1.29, 1.82) is 0 Å². The molecule has 1 aromatic rings. The van der Waals surface area contributed by atoms with Crippen LogP contribution in [0.25, 0.3) is 0 Å². The molecule has 3 nitrogen and oxygen atoms in total. The minimum atomic E-state index is 0.481. The Bertz CT molecular complexity index is 187. The molecule has 1 aromatic heterocycles. The molecule has 54 valence electrons. The molecule has 2 rings (SSSR count). The first-order valence-corrected chi connectivity index (χ1v) is 3.69. The van der Waals surface area contributed by atoms with Gasteiger partial charge in [0.1, 0.15) is 5.82 Å². The van der Waals surface area contributed by atoms with Crippen molar-refractivity contribution < 1.29 is 0 Å². The molecule has 1 aliphatic rings. The fraction of sp³-hybridized carbons (Fsp3) is 0.571. The summed E-state index contributed by atoms with van der Waals surface area (Å²) in [5.74, 6) is 1.08. The van der Waals surface area contributed by atoms with Crippen LogP contribution in [0.1, 0.15) is 24.7 Å². The van der Waals surface area contributed by atoms with Gasteiger partial charge >= 0.3 is 0 Å². The Morgan fingerprint density at radius 3 is 3.20 bits per heavy atom. The zero-order valence-electron chi connectivity index (χ0n) is 5.80. The van der Waals surface area contributed by atoms with Gasteiger partial charge in [0.2, 0.25) is 0 Å². The quantitative estimate of drug-likeness (QED) is 0.602. The van der Waals surface area contributed by atoms with Gasteiger partial charge in [0.05, 0.1) is 6.04 Å². The molecule has 10 heavy (non-hydrogen) atoms. The van der Waals surface area contributed by atoms with Gasteiger partial charge in [0.25, 0.3) is 0 Å². The summed E-state index contributed by atoms with van der Waals surface area (Å²) in [4.78, 5) is 7.29. The van der Waals surface area contributed by atoms with E-state index in [1.54, 1.807) is 6.20 Å². The van der Waals surface area contributed by atoms with Crippen LogP contribution in [-0.4, -0.2) is 16.5 Å². The Kier molecular flexibility index (Phi) is 1.43. The number of aromatic nitrogens is 2. The Labute approximate surface area is 59.9 Å². The summed E-state index contributed by atoms with van der Waals surface area (Å²) in [6.45, 7) is 1.13. The highest BCUT2D eigenvalue weighted by Gasteiger charge is 2.17. The average molecular weight is 137 g/mol. The third-order valence-corrected chi connectivity index (χ3v) is 1.91. The first-order valence-electron chi connectivity index (χ1n) is 3.69. The van der Waals surface area contributed by atoms with Crippen LogP contribution >= 0.6 is 0 Å². The lowest BCUT2D eigenvalue weighted by molar-refractivity contribution is 0.612. The smallest absolute Gasteiger partial charge is 0.123 e. The number of hydrogen-bond donors (Lipinski definition) is 2. The predicted molar refractivity (Wildman–Crippen MR) is 38.6 cm³/mol. The molecular formula is C7H11N3. The Morgan fingerprint density at radius 1 is 1.60 bits per heavy atom. The van der Waals surface area contributed by atoms with Crippen molar-refractivity contribution in [1.82, 2.24) is 15.3 Å². The summed E-state index contributed by atoms with van der Waals surface area (Å²) >= 11 is 0. The molecule has 1 saturated heterocycles. The van der Waals surface area contributed by atoms with Crippen molar-refractivity contribution in [3.63, 3.8) is 0 Å². The van der Waals surface area contributed by atoms with Crippen LogP contribution in [0.3, 0.4) is 0 Å². The van der Waals surface area contributed by atoms with E-state index in [1.807, 2.05) is 6.20 Å². The molecular weight excluding hydrogens is 126 g/mol. The van der Waals surface area contributed by atoms with Gasteiger partial charge in [-0.15, -0.1) is 0 Å². The van der Waals surface area contributed by atoms with Crippen molar-refractivity contribution in [3.05, 3.63) is 18.2 Å². The molecule has 0 saturated carbocycles. The molecule has 0 bridgehead atoms. The topological polar surface area (TPSA) is 40.7 Å². The Morgan fingerprint density at radius 2 is 2.60 bits per heavy atom. The maximum absolute atomic E-state index is 4.18. The molecule has 1 aliphatic heterocycles. The number of H-pyrrole nitrogens is 1. The second-order valence-corrected chi connectivity index (χ2v) is 2.62. The molecule has 2 heterocycles. The average Bonchev–Trinajstić information content (AvgIpc) is 2.59. The zero-order valence-corrected chi connectivity index (χ0v) is 5.80. The normalized spacial score (nSPS) is 25.4. The first kappa shape index (κ1) is 5.92. The Balaban J connectivity index is 2.12. The minimum absolute atomic E-state index is 0.481. The molecule has 1 atom stereocenters. The fourth-order valence-corrected chi connectivity index (χ4v) is 1.39. The predicted octanol–water partition coefficient (Wildman–Crippen LogP) is 0.834. The number of hydrogen-bond acceptors (Lipinski definition) is 2. The number of imidazole rings is 1. The maximum Gasteiger partial charge on any atom is 0.123 e. The second kappa shape index (κ2) is 2.42. The maximum atomic E-state index is 4.18. The highest BCUT2D eigenvalue weighted by atomic mass is 15.0. The van der Waals surface area contributed by atoms with Crippen LogP contribution in [0.5, 0.6) is 0 Å². The van der Waals surface area contributed by atoms with Gasteiger partial charge in [0.15, 0.2) is 0 Å². The van der Waals surface area contributed by atoms with Gasteiger partial charge < -0.3 is 10.3 Å². The first-order chi connectivity index (χ1) is 4.97. The van der Waals surface area contributed by atoms with Crippen LogP contribution in [0.2, 0.25) is 0 Å². The van der Waals surface area contributed by atoms with Crippen LogP contribution in [0.15, 0.2) is 12.4 Å². The molecule has 3 heteroatoms. The third kappa shape index (κ3) is 0.926. The lowest BCUT2D eigenvalue weighted by atomic mass is 10.2. The van der Waals surface area contributed by atoms with E-state index in [-0.39, 0.29) is 0 Å². The molecule has 0 unspecified atom stereocenters. The van der Waals surface area contributed by atoms with E-state index < -0.39 is 0 Å². The number of rotatable bonds is 1. The van der Waals surface area contributed by atoms with E-state index in [1.165, 1.54) is 12.8 Å². The molecule has 0 radical (unpaired) electrons. The number of nitrogens with one attached hydrogen (secondary N) is 2. The lowest BCUT2D eigenvalue weighted by Crippen LogP contribution is -2.13. The second-order valence-electron chi connectivity index (χ2n) is 2.62. The van der Waals surface area contributed by atoms with E-state index in [0.717, 1.165) is 12.4 Å². The highest BCUT2D eigenvalue weighted by Crippen LogP contribution is 2.18. The van der Waals surface area contributed by atoms with Gasteiger partial charge in [0, 0.05) is 12.4 Å². The summed E-state index contributed by atoms with van der Waals surface area (Å²) in [5.41, 5.74) is 0. The van der Waals surface area contributed by atoms with Crippen LogP contribution < -0.4 is 5.32 Å². The molecule has 0 spiro atoms. The van der Waals surface area contributed by atoms with E-state index in [4.69, 9.17) is 0 Å². The van der Waals surface area contributed by atoms with Crippen LogP contribution in [0, 0.1) is 0 Å². The van der Waals surface area contributed by atoms with Crippen molar-refractivity contribution in [2.24, 2.45) is 0 Å². The van der Waals surface area contributed by atoms with Crippen LogP contribution in [0.4, 0.5) is 0 Å². The van der Waals surface area contributed by atoms with Gasteiger partial charge in [-0.1, -0.05) is 0 Å². The van der Waals surface area contributed by atoms with Gasteiger partial charge in [-0.25, -0.2) is 4.98 Å². The monoisotopic (exact) mass is 137 g/mol. The van der Waals surface area contributed by atoms with Gasteiger partial charge in [-0.3, -0.25) is 0 Å². The summed E-state index contributed by atoms with van der Waals surface area (Å²) in [6.07, 6.45) is 6.16. The Hall–Kier alpha value is -0.830. The molecule has 0 amide bonds.